The smallest absolute Gasteiger partial charge is 0.327 e. The molecule has 1 aromatic heterocycles. The SMILES string of the molecule is COC(=O)Cn1nc(-c2ccc(F)cc2)c2ccccc21. The van der Waals surface area contributed by atoms with Gasteiger partial charge in [0.15, 0.2) is 0 Å². The molecule has 0 aliphatic heterocycles. The number of nitrogens with zero attached hydrogens (tertiary/aromatic N) is 2. The molecule has 0 N–H and O–H groups in total. The molecule has 0 radical (unpaired) electrons. The molecule has 0 aliphatic carbocycles. The number of benzene rings is 2. The van der Waals surface area contributed by atoms with Gasteiger partial charge in [0.2, 0.25) is 0 Å². The number of hydrogen-bond acceptors (Lipinski definition) is 3. The van der Waals surface area contributed by atoms with Gasteiger partial charge in [0, 0.05) is 10.9 Å². The summed E-state index contributed by atoms with van der Waals surface area (Å²) in [6.45, 7) is 0.0399. The molecule has 4 nitrogen and oxygen atoms in total. The summed E-state index contributed by atoms with van der Waals surface area (Å²) in [5.41, 5.74) is 2.35. The number of esters is 1. The number of ether oxygens (including phenoxy) is 1. The fraction of sp³-hybridized carbons (Fsp3) is 0.125. The molecule has 5 heteroatoms. The maximum Gasteiger partial charge on any atom is 0.327 e. The van der Waals surface area contributed by atoms with Crippen LogP contribution in [0.3, 0.4) is 0 Å². The number of methoxy groups -OCH3 is 1. The maximum absolute atomic E-state index is 13.1. The Balaban J connectivity index is 2.14. The molecule has 0 amide bonds. The maximum atomic E-state index is 13.1. The third-order valence-electron chi connectivity index (χ3n) is 3.28. The standard InChI is InChI=1S/C16H13FN2O2/c1-21-15(20)10-19-14-5-3-2-4-13(14)16(18-19)11-6-8-12(17)9-7-11/h2-9H,10H2,1H3. The van der Waals surface area contributed by atoms with Crippen LogP contribution in [0.1, 0.15) is 0 Å². The molecular formula is C16H13FN2O2. The lowest BCUT2D eigenvalue weighted by Crippen LogP contribution is -2.12. The molecule has 0 unspecified atom stereocenters. The number of aromatic nitrogens is 2. The van der Waals surface area contributed by atoms with Crippen LogP contribution in [0.4, 0.5) is 4.39 Å². The Labute approximate surface area is 120 Å². The van der Waals surface area contributed by atoms with Gasteiger partial charge in [-0.3, -0.25) is 9.48 Å². The second-order valence-electron chi connectivity index (χ2n) is 4.61. The number of para-hydroxylation sites is 1. The number of fused-ring (bicyclic) bond motifs is 1. The van der Waals surface area contributed by atoms with Gasteiger partial charge in [0.25, 0.3) is 0 Å². The van der Waals surface area contributed by atoms with E-state index < -0.39 is 0 Å². The Morgan fingerprint density at radius 1 is 1.19 bits per heavy atom. The predicted molar refractivity (Wildman–Crippen MR) is 77.1 cm³/mol. The molecule has 0 bridgehead atoms. The zero-order valence-corrected chi connectivity index (χ0v) is 11.4. The lowest BCUT2D eigenvalue weighted by atomic mass is 10.1. The van der Waals surface area contributed by atoms with Gasteiger partial charge in [-0.05, 0) is 30.3 Å². The first kappa shape index (κ1) is 13.3. The highest BCUT2D eigenvalue weighted by molar-refractivity contribution is 5.93. The predicted octanol–water partition coefficient (Wildman–Crippen LogP) is 3.02. The fourth-order valence-electron chi connectivity index (χ4n) is 2.26. The molecule has 0 aliphatic rings. The Hall–Kier alpha value is -2.69. The van der Waals surface area contributed by atoms with Crippen LogP contribution in [-0.4, -0.2) is 22.9 Å². The van der Waals surface area contributed by atoms with Crippen LogP contribution in [0.15, 0.2) is 48.5 Å². The van der Waals surface area contributed by atoms with Crippen LogP contribution in [-0.2, 0) is 16.1 Å². The summed E-state index contributed by atoms with van der Waals surface area (Å²) >= 11 is 0. The van der Waals surface area contributed by atoms with Crippen LogP contribution >= 0.6 is 0 Å². The van der Waals surface area contributed by atoms with Gasteiger partial charge in [-0.25, -0.2) is 4.39 Å². The van der Waals surface area contributed by atoms with Gasteiger partial charge in [0.1, 0.15) is 18.1 Å². The summed E-state index contributed by atoms with van der Waals surface area (Å²) in [5, 5.41) is 5.38. The fourth-order valence-corrected chi connectivity index (χ4v) is 2.26. The normalized spacial score (nSPS) is 10.8. The highest BCUT2D eigenvalue weighted by atomic mass is 19.1. The first-order valence-electron chi connectivity index (χ1n) is 6.47. The second-order valence-corrected chi connectivity index (χ2v) is 4.61. The largest absolute Gasteiger partial charge is 0.468 e. The van der Waals surface area contributed by atoms with Crippen molar-refractivity contribution >= 4 is 16.9 Å². The molecule has 1 heterocycles. The molecule has 21 heavy (non-hydrogen) atoms. The lowest BCUT2D eigenvalue weighted by Gasteiger charge is -2.01. The zero-order valence-electron chi connectivity index (χ0n) is 11.4. The number of hydrogen-bond donors (Lipinski definition) is 0. The molecule has 2 aromatic carbocycles. The minimum absolute atomic E-state index is 0.0399. The van der Waals surface area contributed by atoms with Crippen molar-refractivity contribution in [2.75, 3.05) is 7.11 Å². The van der Waals surface area contributed by atoms with Crippen molar-refractivity contribution in [3.63, 3.8) is 0 Å². The van der Waals surface area contributed by atoms with E-state index in [0.29, 0.717) is 0 Å². The van der Waals surface area contributed by atoms with E-state index in [9.17, 15) is 9.18 Å². The summed E-state index contributed by atoms with van der Waals surface area (Å²) < 4.78 is 19.3. The summed E-state index contributed by atoms with van der Waals surface area (Å²) in [6, 6.07) is 13.7. The minimum atomic E-state index is -0.367. The highest BCUT2D eigenvalue weighted by Gasteiger charge is 2.14. The lowest BCUT2D eigenvalue weighted by molar-refractivity contribution is -0.141. The average molecular weight is 284 g/mol. The van der Waals surface area contributed by atoms with Gasteiger partial charge >= 0.3 is 5.97 Å². The Morgan fingerprint density at radius 2 is 1.90 bits per heavy atom. The minimum Gasteiger partial charge on any atom is -0.468 e. The number of carbonyl (C=O) groups is 1. The molecule has 3 rings (SSSR count). The van der Waals surface area contributed by atoms with Crippen molar-refractivity contribution < 1.29 is 13.9 Å². The third kappa shape index (κ3) is 2.50. The molecule has 0 atom stereocenters. The first-order chi connectivity index (χ1) is 10.2. The van der Waals surface area contributed by atoms with Crippen LogP contribution in [0.25, 0.3) is 22.2 Å². The van der Waals surface area contributed by atoms with E-state index in [1.165, 1.54) is 19.2 Å². The monoisotopic (exact) mass is 284 g/mol. The van der Waals surface area contributed by atoms with Crippen molar-refractivity contribution in [3.8, 4) is 11.3 Å². The molecule has 3 aromatic rings. The Morgan fingerprint density at radius 3 is 2.62 bits per heavy atom. The summed E-state index contributed by atoms with van der Waals surface area (Å²) in [5.74, 6) is -0.661. The van der Waals surface area contributed by atoms with E-state index in [2.05, 4.69) is 9.84 Å². The van der Waals surface area contributed by atoms with Crippen molar-refractivity contribution in [2.24, 2.45) is 0 Å². The highest BCUT2D eigenvalue weighted by Crippen LogP contribution is 2.27. The van der Waals surface area contributed by atoms with Crippen molar-refractivity contribution in [2.45, 2.75) is 6.54 Å². The number of halogens is 1. The quantitative estimate of drug-likeness (QED) is 0.694. The number of rotatable bonds is 3. The summed E-state index contributed by atoms with van der Waals surface area (Å²) in [7, 11) is 1.34. The number of carbonyl (C=O) groups excluding carboxylic acids is 1. The van der Waals surface area contributed by atoms with E-state index >= 15 is 0 Å². The van der Waals surface area contributed by atoms with Crippen molar-refractivity contribution in [3.05, 3.63) is 54.3 Å². The van der Waals surface area contributed by atoms with E-state index in [1.807, 2.05) is 24.3 Å². The van der Waals surface area contributed by atoms with E-state index in [0.717, 1.165) is 22.2 Å². The van der Waals surface area contributed by atoms with Crippen LogP contribution in [0, 0.1) is 5.82 Å². The molecule has 0 spiro atoms. The van der Waals surface area contributed by atoms with E-state index in [1.54, 1.807) is 16.8 Å². The summed E-state index contributed by atoms with van der Waals surface area (Å²) in [4.78, 5) is 11.5. The molecule has 106 valence electrons. The molecule has 0 saturated carbocycles. The van der Waals surface area contributed by atoms with Crippen LogP contribution in [0.5, 0.6) is 0 Å². The van der Waals surface area contributed by atoms with Crippen LogP contribution < -0.4 is 0 Å². The van der Waals surface area contributed by atoms with E-state index in [4.69, 9.17) is 0 Å². The zero-order chi connectivity index (χ0) is 14.8. The van der Waals surface area contributed by atoms with Gasteiger partial charge < -0.3 is 4.74 Å². The van der Waals surface area contributed by atoms with Crippen molar-refractivity contribution in [1.82, 2.24) is 9.78 Å². The summed E-state index contributed by atoms with van der Waals surface area (Å²) in [6.07, 6.45) is 0. The topological polar surface area (TPSA) is 44.1 Å². The van der Waals surface area contributed by atoms with Gasteiger partial charge in [-0.1, -0.05) is 18.2 Å². The van der Waals surface area contributed by atoms with Gasteiger partial charge in [0.05, 0.1) is 12.6 Å². The average Bonchev–Trinajstić information content (AvgIpc) is 2.87. The van der Waals surface area contributed by atoms with Crippen molar-refractivity contribution in [1.29, 1.82) is 0 Å². The van der Waals surface area contributed by atoms with Gasteiger partial charge in [-0.2, -0.15) is 5.10 Å². The van der Waals surface area contributed by atoms with Crippen LogP contribution in [0.2, 0.25) is 0 Å². The third-order valence-corrected chi connectivity index (χ3v) is 3.28. The Bertz CT molecular complexity index is 794. The first-order valence-corrected chi connectivity index (χ1v) is 6.47. The van der Waals surface area contributed by atoms with Gasteiger partial charge in [-0.15, -0.1) is 0 Å². The Kier molecular flexibility index (Phi) is 3.39. The molecular weight excluding hydrogens is 271 g/mol. The second kappa shape index (κ2) is 5.36. The molecule has 0 fully saturated rings. The van der Waals surface area contributed by atoms with E-state index in [-0.39, 0.29) is 18.3 Å². The molecule has 0 saturated heterocycles.